The average molecular weight is 389 g/mol. The fraction of sp³-hybridized carbons (Fsp3) is 0.300. The second kappa shape index (κ2) is 8.78. The number of carbonyl (C=O) groups excluding carboxylic acids is 2. The van der Waals surface area contributed by atoms with Gasteiger partial charge in [0, 0.05) is 12.0 Å². The number of halogens is 1. The molecular formula is C20H21BrO3. The van der Waals surface area contributed by atoms with E-state index in [1.807, 2.05) is 43.3 Å². The predicted molar refractivity (Wildman–Crippen MR) is 98.4 cm³/mol. The van der Waals surface area contributed by atoms with Gasteiger partial charge in [-0.05, 0) is 12.0 Å². The van der Waals surface area contributed by atoms with Crippen molar-refractivity contribution in [1.29, 1.82) is 0 Å². The summed E-state index contributed by atoms with van der Waals surface area (Å²) in [6.07, 6.45) is 1.94. The molecule has 2 aromatic carbocycles. The van der Waals surface area contributed by atoms with E-state index >= 15 is 0 Å². The standard InChI is InChI=1S/C20H21BrO3/c1-2-3-14-24-19(23)20(21,15-16-10-6-4-7-11-16)18(22)17-12-8-5-9-13-17/h4-13H,2-3,14-15H2,1H3. The van der Waals surface area contributed by atoms with Crippen molar-refractivity contribution in [3.05, 3.63) is 71.8 Å². The molecule has 0 spiro atoms. The largest absolute Gasteiger partial charge is 0.464 e. The smallest absolute Gasteiger partial charge is 0.331 e. The molecule has 126 valence electrons. The molecule has 0 fully saturated rings. The molecule has 4 heteroatoms. The molecule has 3 nitrogen and oxygen atoms in total. The molecule has 2 aromatic rings. The monoisotopic (exact) mass is 388 g/mol. The van der Waals surface area contributed by atoms with Gasteiger partial charge in [-0.15, -0.1) is 0 Å². The number of unbranched alkanes of at least 4 members (excludes halogenated alkanes) is 1. The Labute approximate surface area is 151 Å². The van der Waals surface area contributed by atoms with Crippen molar-refractivity contribution in [2.24, 2.45) is 0 Å². The lowest BCUT2D eigenvalue weighted by Crippen LogP contribution is -2.44. The lowest BCUT2D eigenvalue weighted by Gasteiger charge is -2.24. The lowest BCUT2D eigenvalue weighted by molar-refractivity contribution is -0.145. The number of rotatable bonds is 8. The second-order valence-electron chi connectivity index (χ2n) is 5.65. The molecule has 1 atom stereocenters. The Kier molecular flexibility index (Phi) is 6.73. The van der Waals surface area contributed by atoms with Gasteiger partial charge in [0.15, 0.2) is 10.1 Å². The minimum absolute atomic E-state index is 0.243. The Bertz CT molecular complexity index is 670. The van der Waals surface area contributed by atoms with Gasteiger partial charge in [0.25, 0.3) is 0 Å². The number of ketones is 1. The Morgan fingerprint density at radius 3 is 2.17 bits per heavy atom. The van der Waals surface area contributed by atoms with E-state index in [1.54, 1.807) is 24.3 Å². The van der Waals surface area contributed by atoms with Crippen molar-refractivity contribution >= 4 is 27.7 Å². The van der Waals surface area contributed by atoms with Crippen molar-refractivity contribution in [2.45, 2.75) is 30.5 Å². The van der Waals surface area contributed by atoms with Gasteiger partial charge in [0.1, 0.15) is 0 Å². The van der Waals surface area contributed by atoms with Gasteiger partial charge < -0.3 is 4.74 Å². The van der Waals surface area contributed by atoms with Crippen LogP contribution in [-0.2, 0) is 16.0 Å². The Balaban J connectivity index is 2.29. The number of esters is 1. The topological polar surface area (TPSA) is 43.4 Å². The first-order valence-corrected chi connectivity index (χ1v) is 8.87. The number of hydrogen-bond donors (Lipinski definition) is 0. The summed E-state index contributed by atoms with van der Waals surface area (Å²) in [6, 6.07) is 18.3. The van der Waals surface area contributed by atoms with E-state index in [-0.39, 0.29) is 12.2 Å². The fourth-order valence-corrected chi connectivity index (χ4v) is 3.03. The number of benzene rings is 2. The van der Waals surface area contributed by atoms with E-state index in [0.717, 1.165) is 18.4 Å². The second-order valence-corrected chi connectivity index (χ2v) is 7.00. The quantitative estimate of drug-likeness (QED) is 0.218. The highest BCUT2D eigenvalue weighted by molar-refractivity contribution is 9.10. The van der Waals surface area contributed by atoms with Crippen molar-refractivity contribution in [3.8, 4) is 0 Å². The number of hydrogen-bond acceptors (Lipinski definition) is 3. The van der Waals surface area contributed by atoms with Crippen LogP contribution in [0.3, 0.4) is 0 Å². The van der Waals surface area contributed by atoms with Gasteiger partial charge >= 0.3 is 5.97 Å². The van der Waals surface area contributed by atoms with E-state index in [1.165, 1.54) is 0 Å². The lowest BCUT2D eigenvalue weighted by atomic mass is 9.91. The summed E-state index contributed by atoms with van der Waals surface area (Å²) in [5.41, 5.74) is 1.38. The van der Waals surface area contributed by atoms with Crippen molar-refractivity contribution in [3.63, 3.8) is 0 Å². The molecule has 2 rings (SSSR count). The van der Waals surface area contributed by atoms with Crippen LogP contribution in [0.25, 0.3) is 0 Å². The van der Waals surface area contributed by atoms with Crippen LogP contribution in [0.1, 0.15) is 35.7 Å². The molecule has 0 aliphatic carbocycles. The number of alkyl halides is 1. The zero-order valence-corrected chi connectivity index (χ0v) is 15.3. The summed E-state index contributed by atoms with van der Waals surface area (Å²) < 4.78 is 3.94. The van der Waals surface area contributed by atoms with E-state index in [9.17, 15) is 9.59 Å². The molecule has 0 saturated carbocycles. The first-order valence-electron chi connectivity index (χ1n) is 8.08. The first kappa shape index (κ1) is 18.4. The molecule has 0 aliphatic heterocycles. The summed E-state index contributed by atoms with van der Waals surface area (Å²) in [5, 5.41) is 0. The van der Waals surface area contributed by atoms with Crippen molar-refractivity contribution in [2.75, 3.05) is 6.61 Å². The van der Waals surface area contributed by atoms with Crippen LogP contribution in [0.5, 0.6) is 0 Å². The zero-order chi connectivity index (χ0) is 17.4. The van der Waals surface area contributed by atoms with Crippen LogP contribution in [0.15, 0.2) is 60.7 Å². The Morgan fingerprint density at radius 2 is 1.58 bits per heavy atom. The molecule has 0 bridgehead atoms. The van der Waals surface area contributed by atoms with E-state index in [4.69, 9.17) is 4.74 Å². The predicted octanol–water partition coefficient (Wildman–Crippen LogP) is 4.59. The Morgan fingerprint density at radius 1 is 1.00 bits per heavy atom. The van der Waals surface area contributed by atoms with Crippen molar-refractivity contribution in [1.82, 2.24) is 0 Å². The molecule has 1 unspecified atom stereocenters. The van der Waals surface area contributed by atoms with E-state index in [0.29, 0.717) is 12.2 Å². The Hall–Kier alpha value is -1.94. The summed E-state index contributed by atoms with van der Waals surface area (Å²) in [6.45, 7) is 2.34. The van der Waals surface area contributed by atoms with Crippen LogP contribution in [0.4, 0.5) is 0 Å². The molecule has 0 aromatic heterocycles. The van der Waals surface area contributed by atoms with Gasteiger partial charge in [0.2, 0.25) is 0 Å². The fourth-order valence-electron chi connectivity index (χ4n) is 2.36. The maximum atomic E-state index is 13.0. The SMILES string of the molecule is CCCCOC(=O)C(Br)(Cc1ccccc1)C(=O)c1ccccc1. The zero-order valence-electron chi connectivity index (χ0n) is 13.7. The number of carbonyl (C=O) groups is 2. The van der Waals surface area contributed by atoms with Crippen LogP contribution in [0, 0.1) is 0 Å². The number of ether oxygens (including phenoxy) is 1. The maximum Gasteiger partial charge on any atom is 0.331 e. The molecule has 0 aliphatic rings. The first-order chi connectivity index (χ1) is 11.6. The summed E-state index contributed by atoms with van der Waals surface area (Å²) in [4.78, 5) is 25.7. The summed E-state index contributed by atoms with van der Waals surface area (Å²) in [5.74, 6) is -0.817. The van der Waals surface area contributed by atoms with Gasteiger partial charge in [0.05, 0.1) is 6.61 Å². The van der Waals surface area contributed by atoms with Crippen LogP contribution in [0.2, 0.25) is 0 Å². The number of Topliss-reactive ketones (excluding diaryl/α,β-unsaturated/α-hetero) is 1. The average Bonchev–Trinajstić information content (AvgIpc) is 2.62. The van der Waals surface area contributed by atoms with Gasteiger partial charge in [-0.1, -0.05) is 89.9 Å². The summed E-state index contributed by atoms with van der Waals surface area (Å²) in [7, 11) is 0. The maximum absolute atomic E-state index is 13.0. The third-order valence-corrected chi connectivity index (χ3v) is 4.71. The van der Waals surface area contributed by atoms with Crippen molar-refractivity contribution < 1.29 is 14.3 Å². The highest BCUT2D eigenvalue weighted by Crippen LogP contribution is 2.30. The van der Waals surface area contributed by atoms with Crippen LogP contribution in [-0.4, -0.2) is 22.7 Å². The highest BCUT2D eigenvalue weighted by atomic mass is 79.9. The molecular weight excluding hydrogens is 368 g/mol. The van der Waals surface area contributed by atoms with Gasteiger partial charge in [-0.3, -0.25) is 9.59 Å². The minimum Gasteiger partial charge on any atom is -0.464 e. The molecule has 0 saturated heterocycles. The molecule has 0 N–H and O–H groups in total. The molecule has 24 heavy (non-hydrogen) atoms. The molecule has 0 heterocycles. The minimum atomic E-state index is -1.41. The normalized spacial score (nSPS) is 13.1. The third kappa shape index (κ3) is 4.54. The highest BCUT2D eigenvalue weighted by Gasteiger charge is 2.45. The molecule has 0 amide bonds. The van der Waals surface area contributed by atoms with Crippen LogP contribution >= 0.6 is 15.9 Å². The van der Waals surface area contributed by atoms with E-state index < -0.39 is 10.3 Å². The van der Waals surface area contributed by atoms with Gasteiger partial charge in [-0.25, -0.2) is 0 Å². The third-order valence-electron chi connectivity index (χ3n) is 3.74. The summed E-state index contributed by atoms with van der Waals surface area (Å²) >= 11 is 3.42. The van der Waals surface area contributed by atoms with Gasteiger partial charge in [-0.2, -0.15) is 0 Å². The van der Waals surface area contributed by atoms with E-state index in [2.05, 4.69) is 15.9 Å². The molecule has 0 radical (unpaired) electrons. The van der Waals surface area contributed by atoms with Crippen LogP contribution < -0.4 is 0 Å².